The van der Waals surface area contributed by atoms with E-state index in [0.717, 1.165) is 4.90 Å². The van der Waals surface area contributed by atoms with Crippen LogP contribution in [0.1, 0.15) is 44.9 Å². The quantitative estimate of drug-likeness (QED) is 0.269. The summed E-state index contributed by atoms with van der Waals surface area (Å²) >= 11 is 0. The van der Waals surface area contributed by atoms with Gasteiger partial charge in [0.15, 0.2) is 0 Å². The second-order valence-corrected chi connectivity index (χ2v) is 7.06. The van der Waals surface area contributed by atoms with Gasteiger partial charge in [-0.25, -0.2) is 4.79 Å². The molecular weight excluding hydrogens is 430 g/mol. The van der Waals surface area contributed by atoms with Crippen molar-refractivity contribution in [3.05, 3.63) is 65.2 Å². The van der Waals surface area contributed by atoms with E-state index in [0.29, 0.717) is 5.56 Å². The van der Waals surface area contributed by atoms with Gasteiger partial charge in [-0.15, -0.1) is 0 Å². The van der Waals surface area contributed by atoms with Gasteiger partial charge < -0.3 is 20.1 Å². The lowest BCUT2D eigenvalue weighted by atomic mass is 10.1. The molecule has 0 fully saturated rings. The number of carbonyl (C=O) groups excluding carboxylic acids is 5. The Morgan fingerprint density at radius 2 is 1.48 bits per heavy atom. The monoisotopic (exact) mass is 453 g/mol. The van der Waals surface area contributed by atoms with Crippen LogP contribution in [0, 0.1) is 0 Å². The fourth-order valence-corrected chi connectivity index (χ4v) is 3.21. The zero-order valence-electron chi connectivity index (χ0n) is 18.1. The Bertz CT molecular complexity index is 1050. The molecule has 2 aromatic carbocycles. The maximum absolute atomic E-state index is 12.5. The zero-order valence-corrected chi connectivity index (χ0v) is 18.1. The molecule has 1 unspecified atom stereocenters. The van der Waals surface area contributed by atoms with Crippen molar-refractivity contribution in [2.24, 2.45) is 0 Å². The topological polar surface area (TPSA) is 131 Å². The summed E-state index contributed by atoms with van der Waals surface area (Å²) in [6.45, 7) is 3.54. The highest BCUT2D eigenvalue weighted by Gasteiger charge is 2.40. The molecule has 10 heteroatoms. The number of amides is 4. The van der Waals surface area contributed by atoms with E-state index >= 15 is 0 Å². The Hall–Kier alpha value is -4.21. The lowest BCUT2D eigenvalue weighted by molar-refractivity contribution is -0.124. The molecule has 10 nitrogen and oxygen atoms in total. The molecule has 1 aliphatic heterocycles. The number of rotatable bonds is 8. The number of ether oxygens (including phenoxy) is 2. The standard InChI is InChI=1S/C23H23N3O7/c1-3-32-23(31)33-16-10-8-15(9-11-16)20(28)25-13-12-24-19(27)14(2)26-21(29)17-6-4-5-7-18(17)22(26)30/h4-11,14H,3,12-13H2,1-2H3,(H,24,27)(H,25,28). The summed E-state index contributed by atoms with van der Waals surface area (Å²) in [7, 11) is 0. The summed E-state index contributed by atoms with van der Waals surface area (Å²) in [6.07, 6.45) is -0.833. The van der Waals surface area contributed by atoms with Crippen molar-refractivity contribution in [3.63, 3.8) is 0 Å². The lowest BCUT2D eigenvalue weighted by Gasteiger charge is -2.21. The molecule has 2 aromatic rings. The van der Waals surface area contributed by atoms with E-state index in [1.54, 1.807) is 31.2 Å². The summed E-state index contributed by atoms with van der Waals surface area (Å²) in [6, 6.07) is 11.3. The molecule has 4 amide bonds. The molecule has 0 aliphatic carbocycles. The minimum Gasteiger partial charge on any atom is -0.434 e. The van der Waals surface area contributed by atoms with Gasteiger partial charge in [0.05, 0.1) is 17.7 Å². The minimum absolute atomic E-state index is 0.0993. The van der Waals surface area contributed by atoms with Crippen molar-refractivity contribution in [1.82, 2.24) is 15.5 Å². The Balaban J connectivity index is 1.45. The third kappa shape index (κ3) is 5.35. The second kappa shape index (κ2) is 10.4. The number of carbonyl (C=O) groups is 5. The van der Waals surface area contributed by atoms with Crippen LogP contribution >= 0.6 is 0 Å². The molecule has 0 spiro atoms. The molecule has 1 heterocycles. The highest BCUT2D eigenvalue weighted by Crippen LogP contribution is 2.24. The van der Waals surface area contributed by atoms with Crippen LogP contribution < -0.4 is 15.4 Å². The third-order valence-corrected chi connectivity index (χ3v) is 4.88. The second-order valence-electron chi connectivity index (χ2n) is 7.06. The Morgan fingerprint density at radius 3 is 2.06 bits per heavy atom. The van der Waals surface area contributed by atoms with E-state index < -0.39 is 29.9 Å². The van der Waals surface area contributed by atoms with E-state index in [1.165, 1.54) is 31.2 Å². The van der Waals surface area contributed by atoms with Crippen LogP contribution in [0.25, 0.3) is 0 Å². The summed E-state index contributed by atoms with van der Waals surface area (Å²) in [5.41, 5.74) is 0.873. The highest BCUT2D eigenvalue weighted by molar-refractivity contribution is 6.22. The molecule has 1 aliphatic rings. The highest BCUT2D eigenvalue weighted by atomic mass is 16.7. The third-order valence-electron chi connectivity index (χ3n) is 4.88. The van der Waals surface area contributed by atoms with E-state index in [1.807, 2.05) is 0 Å². The molecule has 1 atom stereocenters. The molecule has 0 saturated heterocycles. The van der Waals surface area contributed by atoms with Crippen molar-refractivity contribution < 1.29 is 33.4 Å². The summed E-state index contributed by atoms with van der Waals surface area (Å²) in [4.78, 5) is 61.8. The number of nitrogens with zero attached hydrogens (tertiary/aromatic N) is 1. The summed E-state index contributed by atoms with van der Waals surface area (Å²) in [5, 5.41) is 5.25. The van der Waals surface area contributed by atoms with E-state index in [9.17, 15) is 24.0 Å². The number of imide groups is 1. The van der Waals surface area contributed by atoms with Crippen molar-refractivity contribution in [3.8, 4) is 5.75 Å². The first-order valence-electron chi connectivity index (χ1n) is 10.3. The van der Waals surface area contributed by atoms with E-state index in [2.05, 4.69) is 15.4 Å². The van der Waals surface area contributed by atoms with Crippen LogP contribution in [0.3, 0.4) is 0 Å². The molecule has 3 rings (SSSR count). The normalized spacial score (nSPS) is 13.2. The van der Waals surface area contributed by atoms with Gasteiger partial charge in [-0.05, 0) is 50.2 Å². The molecule has 172 valence electrons. The summed E-state index contributed by atoms with van der Waals surface area (Å²) in [5.74, 6) is -1.69. The molecular formula is C23H23N3O7. The van der Waals surface area contributed by atoms with Crippen LogP contribution in [-0.4, -0.2) is 60.4 Å². The number of nitrogens with one attached hydrogen (secondary N) is 2. The van der Waals surface area contributed by atoms with Crippen LogP contribution in [0.15, 0.2) is 48.5 Å². The van der Waals surface area contributed by atoms with E-state index in [4.69, 9.17) is 4.74 Å². The number of hydrogen-bond acceptors (Lipinski definition) is 7. The van der Waals surface area contributed by atoms with Gasteiger partial charge in [0.2, 0.25) is 5.91 Å². The Labute approximate surface area is 189 Å². The number of hydrogen-bond donors (Lipinski definition) is 2. The maximum Gasteiger partial charge on any atom is 0.513 e. The number of fused-ring (bicyclic) bond motifs is 1. The first-order valence-corrected chi connectivity index (χ1v) is 10.3. The van der Waals surface area contributed by atoms with Gasteiger partial charge in [0.25, 0.3) is 17.7 Å². The molecule has 0 aromatic heterocycles. The Kier molecular flexibility index (Phi) is 7.39. The fraction of sp³-hybridized carbons (Fsp3) is 0.261. The molecule has 2 N–H and O–H groups in total. The van der Waals surface area contributed by atoms with Crippen molar-refractivity contribution in [2.45, 2.75) is 19.9 Å². The first-order chi connectivity index (χ1) is 15.8. The van der Waals surface area contributed by atoms with Crippen LogP contribution in [0.4, 0.5) is 4.79 Å². The van der Waals surface area contributed by atoms with Gasteiger partial charge in [-0.2, -0.15) is 0 Å². The lowest BCUT2D eigenvalue weighted by Crippen LogP contribution is -2.49. The van der Waals surface area contributed by atoms with Gasteiger partial charge in [0, 0.05) is 18.7 Å². The van der Waals surface area contributed by atoms with Gasteiger partial charge in [0.1, 0.15) is 11.8 Å². The number of benzene rings is 2. The van der Waals surface area contributed by atoms with Gasteiger partial charge >= 0.3 is 6.16 Å². The predicted octanol–water partition coefficient (Wildman–Crippen LogP) is 1.75. The van der Waals surface area contributed by atoms with Crippen LogP contribution in [0.5, 0.6) is 5.75 Å². The SMILES string of the molecule is CCOC(=O)Oc1ccc(C(=O)NCCNC(=O)C(C)N2C(=O)c3ccccc3C2=O)cc1. The fourth-order valence-electron chi connectivity index (χ4n) is 3.21. The predicted molar refractivity (Wildman–Crippen MR) is 116 cm³/mol. The van der Waals surface area contributed by atoms with Crippen LogP contribution in [0.2, 0.25) is 0 Å². The average Bonchev–Trinajstić information content (AvgIpc) is 3.06. The molecule has 0 saturated carbocycles. The van der Waals surface area contributed by atoms with Gasteiger partial charge in [-0.1, -0.05) is 12.1 Å². The minimum atomic E-state index is -1.000. The Morgan fingerprint density at radius 1 is 0.909 bits per heavy atom. The smallest absolute Gasteiger partial charge is 0.434 e. The largest absolute Gasteiger partial charge is 0.513 e. The average molecular weight is 453 g/mol. The molecule has 0 bridgehead atoms. The zero-order chi connectivity index (χ0) is 24.0. The van der Waals surface area contributed by atoms with Crippen molar-refractivity contribution >= 4 is 29.8 Å². The van der Waals surface area contributed by atoms with Gasteiger partial charge in [-0.3, -0.25) is 24.1 Å². The molecule has 0 radical (unpaired) electrons. The maximum atomic E-state index is 12.5. The van der Waals surface area contributed by atoms with E-state index in [-0.39, 0.29) is 42.5 Å². The first kappa shape index (κ1) is 23.5. The molecule has 33 heavy (non-hydrogen) atoms. The van der Waals surface area contributed by atoms with Crippen molar-refractivity contribution in [2.75, 3.05) is 19.7 Å². The van der Waals surface area contributed by atoms with Crippen molar-refractivity contribution in [1.29, 1.82) is 0 Å². The summed E-state index contributed by atoms with van der Waals surface area (Å²) < 4.78 is 9.59. The van der Waals surface area contributed by atoms with Crippen LogP contribution in [-0.2, 0) is 9.53 Å².